The van der Waals surface area contributed by atoms with Crippen molar-refractivity contribution in [1.82, 2.24) is 9.97 Å². The summed E-state index contributed by atoms with van der Waals surface area (Å²) in [6.45, 7) is 2.11. The van der Waals surface area contributed by atoms with Crippen LogP contribution in [0.15, 0.2) is 29.6 Å². The predicted octanol–water partition coefficient (Wildman–Crippen LogP) is 2.32. The molecule has 0 saturated heterocycles. The molecule has 0 bridgehead atoms. The van der Waals surface area contributed by atoms with Crippen molar-refractivity contribution < 1.29 is 0 Å². The molecule has 2 rings (SSSR count). The molecule has 0 aliphatic carbocycles. The van der Waals surface area contributed by atoms with E-state index in [0.717, 1.165) is 27.4 Å². The van der Waals surface area contributed by atoms with Crippen molar-refractivity contribution in [2.45, 2.75) is 11.9 Å². The van der Waals surface area contributed by atoms with Crippen molar-refractivity contribution >= 4 is 28.4 Å². The molecule has 0 amide bonds. The summed E-state index contributed by atoms with van der Waals surface area (Å²) in [5.74, 6) is 1.01. The first-order valence-electron chi connectivity index (χ1n) is 4.44. The molecule has 0 unspecified atom stereocenters. The van der Waals surface area contributed by atoms with Gasteiger partial charge in [0.1, 0.15) is 11.4 Å². The van der Waals surface area contributed by atoms with Crippen LogP contribution in [0, 0.1) is 0 Å². The average molecular weight is 205 g/mol. The van der Waals surface area contributed by atoms with E-state index in [4.69, 9.17) is 5.73 Å². The Bertz CT molecular complexity index is 456. The van der Waals surface area contributed by atoms with Crippen LogP contribution in [0.1, 0.15) is 6.92 Å². The van der Waals surface area contributed by atoms with Gasteiger partial charge in [-0.15, -0.1) is 11.8 Å². The van der Waals surface area contributed by atoms with Gasteiger partial charge in [0.15, 0.2) is 0 Å². The third kappa shape index (κ3) is 1.65. The van der Waals surface area contributed by atoms with Gasteiger partial charge < -0.3 is 5.73 Å². The van der Waals surface area contributed by atoms with Crippen LogP contribution in [0.4, 0.5) is 5.69 Å². The summed E-state index contributed by atoms with van der Waals surface area (Å²) in [5.41, 5.74) is 7.33. The highest BCUT2D eigenvalue weighted by atomic mass is 32.2. The quantitative estimate of drug-likeness (QED) is 0.464. The molecule has 4 heteroatoms. The molecule has 0 saturated carbocycles. The average Bonchev–Trinajstić information content (AvgIpc) is 2.18. The number of benzene rings is 1. The molecule has 2 N–H and O–H groups in total. The number of thioether (sulfide) groups is 1. The Morgan fingerprint density at radius 3 is 3.00 bits per heavy atom. The Morgan fingerprint density at radius 1 is 1.36 bits per heavy atom. The first-order chi connectivity index (χ1) is 6.81. The van der Waals surface area contributed by atoms with Gasteiger partial charge in [-0.2, -0.15) is 0 Å². The van der Waals surface area contributed by atoms with Crippen LogP contribution in [0.25, 0.3) is 10.9 Å². The number of rotatable bonds is 2. The number of fused-ring (bicyclic) bond motifs is 1. The van der Waals surface area contributed by atoms with E-state index in [1.54, 1.807) is 18.1 Å². The maximum Gasteiger partial charge on any atom is 0.117 e. The van der Waals surface area contributed by atoms with Crippen LogP contribution < -0.4 is 5.73 Å². The number of nitrogen functional groups attached to an aromatic ring is 1. The molecule has 2 aromatic rings. The second kappa shape index (κ2) is 3.84. The summed E-state index contributed by atoms with van der Waals surface area (Å²) >= 11 is 1.72. The van der Waals surface area contributed by atoms with Gasteiger partial charge in [-0.3, -0.25) is 0 Å². The number of nitrogens with two attached hydrogens (primary N) is 1. The lowest BCUT2D eigenvalue weighted by Crippen LogP contribution is -1.89. The monoisotopic (exact) mass is 205 g/mol. The Hall–Kier alpha value is -1.29. The fraction of sp³-hybridized carbons (Fsp3) is 0.200. The number of nitrogens with zero attached hydrogens (tertiary/aromatic N) is 2. The smallest absolute Gasteiger partial charge is 0.117 e. The van der Waals surface area contributed by atoms with E-state index in [1.807, 2.05) is 18.2 Å². The van der Waals surface area contributed by atoms with Crippen molar-refractivity contribution in [3.8, 4) is 0 Å². The van der Waals surface area contributed by atoms with Gasteiger partial charge >= 0.3 is 0 Å². The van der Waals surface area contributed by atoms with E-state index in [9.17, 15) is 0 Å². The SMILES string of the molecule is CCSc1ncnc2cc(N)ccc12. The Balaban J connectivity index is 2.62. The maximum absolute atomic E-state index is 5.68. The third-order valence-corrected chi connectivity index (χ3v) is 2.79. The molecular weight excluding hydrogens is 194 g/mol. The molecule has 72 valence electrons. The van der Waals surface area contributed by atoms with E-state index < -0.39 is 0 Å². The van der Waals surface area contributed by atoms with Gasteiger partial charge in [-0.05, 0) is 24.0 Å². The van der Waals surface area contributed by atoms with Crippen molar-refractivity contribution in [2.24, 2.45) is 0 Å². The van der Waals surface area contributed by atoms with Crippen molar-refractivity contribution in [1.29, 1.82) is 0 Å². The standard InChI is InChI=1S/C10H11N3S/c1-2-14-10-8-4-3-7(11)5-9(8)12-6-13-10/h3-6H,2,11H2,1H3. The fourth-order valence-corrected chi connectivity index (χ4v) is 2.02. The van der Waals surface area contributed by atoms with E-state index in [2.05, 4.69) is 16.9 Å². The minimum Gasteiger partial charge on any atom is -0.399 e. The van der Waals surface area contributed by atoms with Gasteiger partial charge in [-0.25, -0.2) is 9.97 Å². The summed E-state index contributed by atoms with van der Waals surface area (Å²) in [5, 5.41) is 2.10. The lowest BCUT2D eigenvalue weighted by Gasteiger charge is -2.03. The van der Waals surface area contributed by atoms with Gasteiger partial charge in [0.2, 0.25) is 0 Å². The number of anilines is 1. The highest BCUT2D eigenvalue weighted by molar-refractivity contribution is 7.99. The zero-order valence-electron chi connectivity index (χ0n) is 7.90. The van der Waals surface area contributed by atoms with Gasteiger partial charge in [0.05, 0.1) is 5.52 Å². The van der Waals surface area contributed by atoms with Gasteiger partial charge in [-0.1, -0.05) is 6.92 Å². The highest BCUT2D eigenvalue weighted by Crippen LogP contribution is 2.25. The summed E-state index contributed by atoms with van der Waals surface area (Å²) in [4.78, 5) is 8.42. The van der Waals surface area contributed by atoms with Gasteiger partial charge in [0.25, 0.3) is 0 Å². The van der Waals surface area contributed by atoms with Crippen LogP contribution in [0.2, 0.25) is 0 Å². The minimum atomic E-state index is 0.739. The van der Waals surface area contributed by atoms with E-state index in [0.29, 0.717) is 0 Å². The normalized spacial score (nSPS) is 10.6. The van der Waals surface area contributed by atoms with Crippen LogP contribution >= 0.6 is 11.8 Å². The summed E-state index contributed by atoms with van der Waals surface area (Å²) in [6.07, 6.45) is 1.58. The predicted molar refractivity (Wildman–Crippen MR) is 60.3 cm³/mol. The van der Waals surface area contributed by atoms with Crippen molar-refractivity contribution in [2.75, 3.05) is 11.5 Å². The summed E-state index contributed by atoms with van der Waals surface area (Å²) < 4.78 is 0. The topological polar surface area (TPSA) is 51.8 Å². The molecule has 0 radical (unpaired) electrons. The van der Waals surface area contributed by atoms with Crippen LogP contribution in [0.3, 0.4) is 0 Å². The lowest BCUT2D eigenvalue weighted by molar-refractivity contribution is 1.10. The first kappa shape index (κ1) is 9.27. The Morgan fingerprint density at radius 2 is 2.21 bits per heavy atom. The van der Waals surface area contributed by atoms with Crippen LogP contribution in [-0.4, -0.2) is 15.7 Å². The summed E-state index contributed by atoms with van der Waals surface area (Å²) in [6, 6.07) is 5.73. The van der Waals surface area contributed by atoms with E-state index in [1.165, 1.54) is 0 Å². The molecule has 14 heavy (non-hydrogen) atoms. The molecule has 0 aliphatic heterocycles. The largest absolute Gasteiger partial charge is 0.399 e. The number of hydrogen-bond donors (Lipinski definition) is 1. The molecule has 1 heterocycles. The molecule has 0 aliphatic rings. The number of hydrogen-bond acceptors (Lipinski definition) is 4. The fourth-order valence-electron chi connectivity index (χ4n) is 1.30. The maximum atomic E-state index is 5.68. The molecule has 1 aromatic carbocycles. The molecule has 0 atom stereocenters. The zero-order chi connectivity index (χ0) is 9.97. The Labute approximate surface area is 86.7 Å². The second-order valence-corrected chi connectivity index (χ2v) is 4.14. The zero-order valence-corrected chi connectivity index (χ0v) is 8.71. The second-order valence-electron chi connectivity index (χ2n) is 2.89. The molecule has 3 nitrogen and oxygen atoms in total. The van der Waals surface area contributed by atoms with Crippen molar-refractivity contribution in [3.05, 3.63) is 24.5 Å². The van der Waals surface area contributed by atoms with Crippen molar-refractivity contribution in [3.63, 3.8) is 0 Å². The molecule has 1 aromatic heterocycles. The van der Waals surface area contributed by atoms with Crippen LogP contribution in [0.5, 0.6) is 0 Å². The minimum absolute atomic E-state index is 0.739. The first-order valence-corrected chi connectivity index (χ1v) is 5.43. The molecule has 0 fully saturated rings. The van der Waals surface area contributed by atoms with E-state index >= 15 is 0 Å². The summed E-state index contributed by atoms with van der Waals surface area (Å²) in [7, 11) is 0. The van der Waals surface area contributed by atoms with Crippen LogP contribution in [-0.2, 0) is 0 Å². The highest BCUT2D eigenvalue weighted by Gasteiger charge is 2.02. The molecular formula is C10H11N3S. The Kier molecular flexibility index (Phi) is 2.54. The third-order valence-electron chi connectivity index (χ3n) is 1.91. The van der Waals surface area contributed by atoms with Gasteiger partial charge in [0, 0.05) is 11.1 Å². The number of aromatic nitrogens is 2. The van der Waals surface area contributed by atoms with E-state index in [-0.39, 0.29) is 0 Å². The lowest BCUT2D eigenvalue weighted by atomic mass is 10.2. The molecule has 0 spiro atoms.